The van der Waals surface area contributed by atoms with E-state index in [2.05, 4.69) is 24.4 Å². The highest BCUT2D eigenvalue weighted by Crippen LogP contribution is 2.29. The zero-order chi connectivity index (χ0) is 12.1. The van der Waals surface area contributed by atoms with Crippen molar-refractivity contribution in [2.45, 2.75) is 19.4 Å². The highest BCUT2D eigenvalue weighted by Gasteiger charge is 2.17. The van der Waals surface area contributed by atoms with Crippen LogP contribution in [0.15, 0.2) is 47.1 Å². The first-order valence-electron chi connectivity index (χ1n) is 5.84. The predicted octanol–water partition coefficient (Wildman–Crippen LogP) is 4.02. The Balaban J connectivity index is 2.29. The average Bonchev–Trinajstić information content (AvgIpc) is 2.78. The first kappa shape index (κ1) is 12.2. The second-order valence-electron chi connectivity index (χ2n) is 3.95. The number of furan rings is 1. The maximum absolute atomic E-state index is 6.06. The molecule has 17 heavy (non-hydrogen) atoms. The van der Waals surface area contributed by atoms with Gasteiger partial charge in [-0.2, -0.15) is 0 Å². The predicted molar refractivity (Wildman–Crippen MR) is 70.3 cm³/mol. The van der Waals surface area contributed by atoms with Crippen LogP contribution in [-0.4, -0.2) is 6.54 Å². The minimum Gasteiger partial charge on any atom is -0.453 e. The molecule has 0 spiro atoms. The molecule has 1 aromatic carbocycles. The largest absolute Gasteiger partial charge is 0.453 e. The van der Waals surface area contributed by atoms with Crippen molar-refractivity contribution in [2.24, 2.45) is 0 Å². The van der Waals surface area contributed by atoms with Crippen molar-refractivity contribution in [2.75, 3.05) is 6.54 Å². The average molecular weight is 250 g/mol. The third-order valence-electron chi connectivity index (χ3n) is 2.69. The molecule has 0 saturated heterocycles. The van der Waals surface area contributed by atoms with E-state index in [9.17, 15) is 0 Å². The first-order valence-corrected chi connectivity index (χ1v) is 6.22. The van der Waals surface area contributed by atoms with E-state index in [-0.39, 0.29) is 6.04 Å². The normalized spacial score (nSPS) is 12.6. The maximum atomic E-state index is 6.06. The molecule has 1 N–H and O–H groups in total. The van der Waals surface area contributed by atoms with Gasteiger partial charge < -0.3 is 9.73 Å². The van der Waals surface area contributed by atoms with Crippen molar-refractivity contribution in [3.63, 3.8) is 0 Å². The van der Waals surface area contributed by atoms with Crippen LogP contribution >= 0.6 is 11.6 Å². The summed E-state index contributed by atoms with van der Waals surface area (Å²) in [5.74, 6) is 0. The molecule has 0 aliphatic rings. The summed E-state index contributed by atoms with van der Waals surface area (Å²) in [7, 11) is 0. The lowest BCUT2D eigenvalue weighted by Crippen LogP contribution is -2.22. The van der Waals surface area contributed by atoms with Crippen LogP contribution in [0, 0.1) is 0 Å². The van der Waals surface area contributed by atoms with Crippen molar-refractivity contribution in [1.82, 2.24) is 5.32 Å². The standard InChI is InChI=1S/C14H16ClNO/c1-2-9-16-13(11-6-4-3-5-7-11)12-8-10-17-14(12)15/h3-8,10,13,16H,2,9H2,1H3. The lowest BCUT2D eigenvalue weighted by atomic mass is 10.0. The minimum atomic E-state index is 0.0994. The fraction of sp³-hybridized carbons (Fsp3) is 0.286. The molecule has 2 nitrogen and oxygen atoms in total. The second-order valence-corrected chi connectivity index (χ2v) is 4.29. The molecular weight excluding hydrogens is 234 g/mol. The molecule has 3 heteroatoms. The lowest BCUT2D eigenvalue weighted by Gasteiger charge is -2.18. The molecule has 1 unspecified atom stereocenters. The highest BCUT2D eigenvalue weighted by molar-refractivity contribution is 6.29. The molecule has 0 bridgehead atoms. The third-order valence-corrected chi connectivity index (χ3v) is 3.00. The fourth-order valence-electron chi connectivity index (χ4n) is 1.85. The maximum Gasteiger partial charge on any atom is 0.198 e. The monoisotopic (exact) mass is 249 g/mol. The van der Waals surface area contributed by atoms with E-state index < -0.39 is 0 Å². The summed E-state index contributed by atoms with van der Waals surface area (Å²) in [4.78, 5) is 0. The Morgan fingerprint density at radius 2 is 2.00 bits per heavy atom. The van der Waals surface area contributed by atoms with E-state index in [1.54, 1.807) is 6.26 Å². The van der Waals surface area contributed by atoms with Crippen LogP contribution in [0.2, 0.25) is 5.22 Å². The Hall–Kier alpha value is -1.25. The van der Waals surface area contributed by atoms with Gasteiger partial charge in [0.15, 0.2) is 5.22 Å². The van der Waals surface area contributed by atoms with Gasteiger partial charge in [0.05, 0.1) is 12.3 Å². The van der Waals surface area contributed by atoms with Crippen LogP contribution in [0.5, 0.6) is 0 Å². The van der Waals surface area contributed by atoms with Gasteiger partial charge in [-0.05, 0) is 36.2 Å². The number of halogens is 1. The molecule has 1 aromatic heterocycles. The second kappa shape index (κ2) is 5.89. The third kappa shape index (κ3) is 2.90. The molecule has 0 aliphatic carbocycles. The van der Waals surface area contributed by atoms with E-state index in [1.165, 1.54) is 5.56 Å². The van der Waals surface area contributed by atoms with Crippen LogP contribution in [0.25, 0.3) is 0 Å². The summed E-state index contributed by atoms with van der Waals surface area (Å²) in [6.45, 7) is 3.09. The van der Waals surface area contributed by atoms with Gasteiger partial charge >= 0.3 is 0 Å². The van der Waals surface area contributed by atoms with Crippen LogP contribution in [0.1, 0.15) is 30.5 Å². The Morgan fingerprint density at radius 1 is 1.24 bits per heavy atom. The summed E-state index contributed by atoms with van der Waals surface area (Å²) in [5.41, 5.74) is 2.19. The van der Waals surface area contributed by atoms with Crippen molar-refractivity contribution >= 4 is 11.6 Å². The van der Waals surface area contributed by atoms with Gasteiger partial charge in [-0.3, -0.25) is 0 Å². The van der Waals surface area contributed by atoms with Gasteiger partial charge in [0.2, 0.25) is 0 Å². The van der Waals surface area contributed by atoms with Crippen LogP contribution in [0.4, 0.5) is 0 Å². The molecule has 90 valence electrons. The molecular formula is C14H16ClNO. The topological polar surface area (TPSA) is 25.2 Å². The summed E-state index contributed by atoms with van der Waals surface area (Å²) in [6.07, 6.45) is 2.71. The molecule has 0 radical (unpaired) electrons. The molecule has 1 atom stereocenters. The zero-order valence-electron chi connectivity index (χ0n) is 9.82. The number of hydrogen-bond acceptors (Lipinski definition) is 2. The van der Waals surface area contributed by atoms with E-state index in [1.807, 2.05) is 24.3 Å². The van der Waals surface area contributed by atoms with Gasteiger partial charge in [0, 0.05) is 5.56 Å². The van der Waals surface area contributed by atoms with Crippen LogP contribution < -0.4 is 5.32 Å². The van der Waals surface area contributed by atoms with Gasteiger partial charge in [-0.15, -0.1) is 0 Å². The Kier molecular flexibility index (Phi) is 4.24. The Bertz CT molecular complexity index is 452. The number of hydrogen-bond donors (Lipinski definition) is 1. The highest BCUT2D eigenvalue weighted by atomic mass is 35.5. The molecule has 0 saturated carbocycles. The SMILES string of the molecule is CCCNC(c1ccccc1)c1ccoc1Cl. The van der Waals surface area contributed by atoms with E-state index >= 15 is 0 Å². The van der Waals surface area contributed by atoms with E-state index in [0.29, 0.717) is 5.22 Å². The van der Waals surface area contributed by atoms with Gasteiger partial charge in [0.1, 0.15) is 0 Å². The quantitative estimate of drug-likeness (QED) is 0.866. The van der Waals surface area contributed by atoms with Crippen LogP contribution in [-0.2, 0) is 0 Å². The Morgan fingerprint density at radius 3 is 2.59 bits per heavy atom. The van der Waals surface area contributed by atoms with Crippen molar-refractivity contribution < 1.29 is 4.42 Å². The van der Waals surface area contributed by atoms with Gasteiger partial charge in [-0.25, -0.2) is 0 Å². The fourth-order valence-corrected chi connectivity index (χ4v) is 2.08. The first-order chi connectivity index (χ1) is 8.33. The van der Waals surface area contributed by atoms with Crippen molar-refractivity contribution in [3.05, 3.63) is 59.0 Å². The molecule has 2 rings (SSSR count). The minimum absolute atomic E-state index is 0.0994. The smallest absolute Gasteiger partial charge is 0.198 e. The summed E-state index contributed by atoms with van der Waals surface area (Å²) >= 11 is 6.06. The lowest BCUT2D eigenvalue weighted by molar-refractivity contribution is 0.550. The molecule has 0 aliphatic heterocycles. The van der Waals surface area contributed by atoms with Crippen molar-refractivity contribution in [1.29, 1.82) is 0 Å². The number of nitrogens with one attached hydrogen (secondary N) is 1. The molecule has 0 fully saturated rings. The van der Waals surface area contributed by atoms with Crippen LogP contribution in [0.3, 0.4) is 0 Å². The van der Waals surface area contributed by atoms with E-state index in [0.717, 1.165) is 18.5 Å². The molecule has 0 amide bonds. The van der Waals surface area contributed by atoms with Crippen molar-refractivity contribution in [3.8, 4) is 0 Å². The van der Waals surface area contributed by atoms with E-state index in [4.69, 9.17) is 16.0 Å². The Labute approximate surface area is 107 Å². The zero-order valence-corrected chi connectivity index (χ0v) is 10.6. The summed E-state index contributed by atoms with van der Waals surface area (Å²) in [6, 6.07) is 12.3. The molecule has 2 aromatic rings. The summed E-state index contributed by atoms with van der Waals surface area (Å²) < 4.78 is 5.17. The van der Waals surface area contributed by atoms with Gasteiger partial charge in [-0.1, -0.05) is 37.3 Å². The summed E-state index contributed by atoms with van der Waals surface area (Å²) in [5, 5.41) is 3.95. The molecule has 1 heterocycles. The number of rotatable bonds is 5. The number of benzene rings is 1. The van der Waals surface area contributed by atoms with Gasteiger partial charge in [0.25, 0.3) is 0 Å².